The summed E-state index contributed by atoms with van der Waals surface area (Å²) in [6, 6.07) is 9.73. The summed E-state index contributed by atoms with van der Waals surface area (Å²) in [5.41, 5.74) is 4.27. The van der Waals surface area contributed by atoms with Crippen LogP contribution in [0, 0.1) is 0 Å². The summed E-state index contributed by atoms with van der Waals surface area (Å²) < 4.78 is 0. The molecule has 5 rings (SSSR count). The number of nitrogens with zero attached hydrogens (tertiary/aromatic N) is 3. The van der Waals surface area contributed by atoms with Crippen LogP contribution < -0.4 is 10.6 Å². The van der Waals surface area contributed by atoms with Gasteiger partial charge in [0.05, 0.1) is 11.0 Å². The molecule has 140 valence electrons. The van der Waals surface area contributed by atoms with Crippen LogP contribution in [0.25, 0.3) is 33.2 Å². The molecule has 4 aromatic heterocycles. The summed E-state index contributed by atoms with van der Waals surface area (Å²) >= 11 is 0. The lowest BCUT2D eigenvalue weighted by molar-refractivity contribution is 0.248. The van der Waals surface area contributed by atoms with Crippen LogP contribution in [0.2, 0.25) is 0 Å². The molecule has 0 bridgehead atoms. The molecule has 1 saturated carbocycles. The lowest BCUT2D eigenvalue weighted by atomic mass is 10.1. The average molecular weight is 372 g/mol. The van der Waals surface area contributed by atoms with E-state index in [4.69, 9.17) is 0 Å². The van der Waals surface area contributed by atoms with Gasteiger partial charge in [0, 0.05) is 41.1 Å². The Morgan fingerprint density at radius 2 is 1.82 bits per heavy atom. The van der Waals surface area contributed by atoms with Crippen molar-refractivity contribution in [3.8, 4) is 11.1 Å². The summed E-state index contributed by atoms with van der Waals surface area (Å²) in [4.78, 5) is 28.8. The van der Waals surface area contributed by atoms with Gasteiger partial charge in [0.15, 0.2) is 0 Å². The van der Waals surface area contributed by atoms with E-state index < -0.39 is 0 Å². The van der Waals surface area contributed by atoms with Crippen molar-refractivity contribution in [1.82, 2.24) is 25.3 Å². The summed E-state index contributed by atoms with van der Waals surface area (Å²) in [7, 11) is 0. The zero-order valence-corrected chi connectivity index (χ0v) is 15.3. The fraction of sp³-hybridized carbons (Fsp3) is 0.238. The van der Waals surface area contributed by atoms with Crippen molar-refractivity contribution >= 4 is 33.9 Å². The third-order valence-electron chi connectivity index (χ3n) is 5.20. The number of fused-ring (bicyclic) bond motifs is 2. The number of amides is 2. The molecule has 1 fully saturated rings. The molecule has 0 spiro atoms. The van der Waals surface area contributed by atoms with E-state index in [0.29, 0.717) is 5.82 Å². The molecule has 1 aliphatic carbocycles. The van der Waals surface area contributed by atoms with E-state index in [0.717, 1.165) is 46.0 Å². The van der Waals surface area contributed by atoms with Gasteiger partial charge >= 0.3 is 6.03 Å². The third-order valence-corrected chi connectivity index (χ3v) is 5.20. The molecule has 0 atom stereocenters. The topological polar surface area (TPSA) is 95.6 Å². The van der Waals surface area contributed by atoms with Crippen LogP contribution in [0.3, 0.4) is 0 Å². The van der Waals surface area contributed by atoms with Gasteiger partial charge in [0.2, 0.25) is 0 Å². The van der Waals surface area contributed by atoms with Crippen molar-refractivity contribution in [3.05, 3.63) is 48.9 Å². The largest absolute Gasteiger partial charge is 0.346 e. The predicted octanol–water partition coefficient (Wildman–Crippen LogP) is 4.24. The zero-order valence-electron chi connectivity index (χ0n) is 15.3. The molecule has 4 aromatic rings. The first-order valence-electron chi connectivity index (χ1n) is 9.52. The minimum atomic E-state index is -0.204. The molecule has 1 aliphatic rings. The lowest BCUT2D eigenvalue weighted by Crippen LogP contribution is -2.36. The van der Waals surface area contributed by atoms with Gasteiger partial charge in [-0.3, -0.25) is 10.3 Å². The predicted molar refractivity (Wildman–Crippen MR) is 109 cm³/mol. The van der Waals surface area contributed by atoms with E-state index in [2.05, 4.69) is 36.6 Å². The van der Waals surface area contributed by atoms with E-state index in [1.807, 2.05) is 36.8 Å². The van der Waals surface area contributed by atoms with Crippen LogP contribution in [-0.2, 0) is 0 Å². The van der Waals surface area contributed by atoms with E-state index in [9.17, 15) is 4.79 Å². The fourth-order valence-electron chi connectivity index (χ4n) is 3.74. The molecule has 3 N–H and O–H groups in total. The van der Waals surface area contributed by atoms with Crippen molar-refractivity contribution < 1.29 is 4.79 Å². The number of urea groups is 1. The highest BCUT2D eigenvalue weighted by Crippen LogP contribution is 2.25. The number of rotatable bonds is 3. The van der Waals surface area contributed by atoms with E-state index in [1.54, 1.807) is 6.07 Å². The Kier molecular flexibility index (Phi) is 4.12. The second-order valence-electron chi connectivity index (χ2n) is 7.18. The monoisotopic (exact) mass is 372 g/mol. The van der Waals surface area contributed by atoms with E-state index >= 15 is 0 Å². The molecule has 0 saturated heterocycles. The van der Waals surface area contributed by atoms with Crippen LogP contribution in [0.5, 0.6) is 0 Å². The highest BCUT2D eigenvalue weighted by molar-refractivity contribution is 5.90. The summed E-state index contributed by atoms with van der Waals surface area (Å²) in [6.07, 6.45) is 9.96. The molecule has 0 unspecified atom stereocenters. The molecule has 0 radical (unpaired) electrons. The first-order valence-corrected chi connectivity index (χ1v) is 9.52. The van der Waals surface area contributed by atoms with Crippen molar-refractivity contribution in [2.24, 2.45) is 0 Å². The Bertz CT molecular complexity index is 1160. The lowest BCUT2D eigenvalue weighted by Gasteiger charge is -2.12. The molecule has 7 nitrogen and oxygen atoms in total. The van der Waals surface area contributed by atoms with Crippen LogP contribution in [0.1, 0.15) is 25.7 Å². The van der Waals surface area contributed by atoms with Gasteiger partial charge in [-0.25, -0.2) is 14.8 Å². The number of aromatic nitrogens is 4. The van der Waals surface area contributed by atoms with E-state index in [-0.39, 0.29) is 12.1 Å². The highest BCUT2D eigenvalue weighted by atomic mass is 16.2. The Morgan fingerprint density at radius 1 is 1.00 bits per heavy atom. The molecule has 28 heavy (non-hydrogen) atoms. The Hall–Kier alpha value is -3.48. The summed E-state index contributed by atoms with van der Waals surface area (Å²) in [5.74, 6) is 0.515. The first kappa shape index (κ1) is 16.7. The Morgan fingerprint density at radius 3 is 2.71 bits per heavy atom. The number of H-pyrrole nitrogens is 1. The van der Waals surface area contributed by atoms with Crippen LogP contribution >= 0.6 is 0 Å². The van der Waals surface area contributed by atoms with Gasteiger partial charge in [-0.05, 0) is 43.2 Å². The molecule has 4 heterocycles. The second-order valence-corrected chi connectivity index (χ2v) is 7.18. The van der Waals surface area contributed by atoms with Gasteiger partial charge in [-0.2, -0.15) is 0 Å². The average Bonchev–Trinajstić information content (AvgIpc) is 3.38. The molecule has 0 aliphatic heterocycles. The number of aromatic amines is 1. The van der Waals surface area contributed by atoms with Crippen molar-refractivity contribution in [3.63, 3.8) is 0 Å². The maximum Gasteiger partial charge on any atom is 0.320 e. The molecular weight excluding hydrogens is 352 g/mol. The third kappa shape index (κ3) is 3.26. The number of anilines is 1. The van der Waals surface area contributed by atoms with Gasteiger partial charge in [0.1, 0.15) is 11.5 Å². The molecule has 2 amide bonds. The molecule has 0 aromatic carbocycles. The summed E-state index contributed by atoms with van der Waals surface area (Å²) in [5, 5.41) is 6.89. The van der Waals surface area contributed by atoms with Crippen LogP contribution in [0.15, 0.2) is 48.9 Å². The van der Waals surface area contributed by atoms with E-state index in [1.165, 1.54) is 12.8 Å². The number of carbonyl (C=O) groups excluding carboxylic acids is 1. The van der Waals surface area contributed by atoms with Gasteiger partial charge < -0.3 is 10.3 Å². The Balaban J connectivity index is 1.41. The maximum atomic E-state index is 12.2. The zero-order chi connectivity index (χ0) is 18.9. The second kappa shape index (κ2) is 6.92. The van der Waals surface area contributed by atoms with Crippen LogP contribution in [-0.4, -0.2) is 32.0 Å². The maximum absolute atomic E-state index is 12.2. The van der Waals surface area contributed by atoms with Gasteiger partial charge in [0.25, 0.3) is 0 Å². The SMILES string of the molecule is O=C(Nc1ccc2ncc(-c3cnc4[nH]ccc4c3)cc2n1)NC1CCCC1. The highest BCUT2D eigenvalue weighted by Gasteiger charge is 2.17. The minimum Gasteiger partial charge on any atom is -0.346 e. The summed E-state index contributed by atoms with van der Waals surface area (Å²) in [6.45, 7) is 0. The van der Waals surface area contributed by atoms with Gasteiger partial charge in [-0.15, -0.1) is 0 Å². The number of hydrogen-bond donors (Lipinski definition) is 3. The van der Waals surface area contributed by atoms with Crippen molar-refractivity contribution in [2.45, 2.75) is 31.7 Å². The Labute approximate surface area is 161 Å². The number of nitrogens with one attached hydrogen (secondary N) is 3. The van der Waals surface area contributed by atoms with Crippen molar-refractivity contribution in [2.75, 3.05) is 5.32 Å². The fourth-order valence-corrected chi connectivity index (χ4v) is 3.74. The smallest absolute Gasteiger partial charge is 0.320 e. The molecule has 7 heteroatoms. The first-order chi connectivity index (χ1) is 13.7. The number of hydrogen-bond acceptors (Lipinski definition) is 4. The minimum absolute atomic E-state index is 0.204. The standard InChI is InChI=1S/C21H20N6O/c28-21(25-16-3-1-2-4-16)27-19-6-5-17-18(26-19)10-15(11-23-17)14-9-13-7-8-22-20(13)24-12-14/h5-12,16H,1-4H2,(H,22,24)(H2,25,26,27,28). The quantitative estimate of drug-likeness (QED) is 0.501. The van der Waals surface area contributed by atoms with Gasteiger partial charge in [-0.1, -0.05) is 12.8 Å². The normalized spacial score (nSPS) is 14.6. The van der Waals surface area contributed by atoms with Crippen LogP contribution in [0.4, 0.5) is 10.6 Å². The molecular formula is C21H20N6O. The number of pyridine rings is 3. The van der Waals surface area contributed by atoms with Crippen molar-refractivity contribution in [1.29, 1.82) is 0 Å². The number of carbonyl (C=O) groups is 1.